The highest BCUT2D eigenvalue weighted by Crippen LogP contribution is 2.20. The Kier molecular flexibility index (Phi) is 4.98. The normalized spacial score (nSPS) is 12.8. The minimum absolute atomic E-state index is 0.0332. The summed E-state index contributed by atoms with van der Waals surface area (Å²) in [6.07, 6.45) is 0. The average molecular weight is 233 g/mol. The molecule has 0 amide bonds. The van der Waals surface area contributed by atoms with E-state index in [9.17, 15) is 4.39 Å². The van der Waals surface area contributed by atoms with E-state index < -0.39 is 5.82 Å². The van der Waals surface area contributed by atoms with Crippen LogP contribution in [-0.4, -0.2) is 24.8 Å². The molecule has 0 aliphatic rings. The molecule has 0 aliphatic heterocycles. The van der Waals surface area contributed by atoms with Gasteiger partial charge in [-0.2, -0.15) is 0 Å². The molecule has 84 valence electrons. The molecule has 0 aromatic heterocycles. The van der Waals surface area contributed by atoms with E-state index in [1.807, 2.05) is 0 Å². The van der Waals surface area contributed by atoms with E-state index >= 15 is 0 Å². The monoisotopic (exact) mass is 232 g/mol. The quantitative estimate of drug-likeness (QED) is 0.712. The topological polar surface area (TPSA) is 58.3 Å². The van der Waals surface area contributed by atoms with Gasteiger partial charge in [0.2, 0.25) is 0 Å². The first-order valence-corrected chi connectivity index (χ1v) is 5.06. The molecule has 0 saturated heterocycles. The Hall–Kier alpha value is -0.680. The van der Waals surface area contributed by atoms with Crippen molar-refractivity contribution in [2.45, 2.75) is 6.04 Å². The van der Waals surface area contributed by atoms with E-state index in [1.54, 1.807) is 12.1 Å². The number of nitrogens with one attached hydrogen (secondary N) is 1. The van der Waals surface area contributed by atoms with Crippen LogP contribution in [0.15, 0.2) is 18.2 Å². The van der Waals surface area contributed by atoms with Gasteiger partial charge in [0.1, 0.15) is 5.82 Å². The molecule has 0 heterocycles. The Bertz CT molecular complexity index is 322. The molecule has 1 atom stereocenters. The number of nitrogens with two attached hydrogens (primary N) is 1. The third-order valence-corrected chi connectivity index (χ3v) is 2.37. The molecule has 4 N–H and O–H groups in total. The molecule has 0 fully saturated rings. The number of aliphatic hydroxyl groups is 1. The Morgan fingerprint density at radius 2 is 2.27 bits per heavy atom. The van der Waals surface area contributed by atoms with Crippen LogP contribution in [0.25, 0.3) is 0 Å². The van der Waals surface area contributed by atoms with E-state index in [0.29, 0.717) is 13.1 Å². The predicted molar refractivity (Wildman–Crippen MR) is 58.3 cm³/mol. The number of hydrogen-bond donors (Lipinski definition) is 3. The van der Waals surface area contributed by atoms with Crippen LogP contribution in [0.1, 0.15) is 11.6 Å². The van der Waals surface area contributed by atoms with Gasteiger partial charge in [0, 0.05) is 19.1 Å². The van der Waals surface area contributed by atoms with Crippen molar-refractivity contribution in [3.05, 3.63) is 34.6 Å². The van der Waals surface area contributed by atoms with Gasteiger partial charge in [-0.25, -0.2) is 4.39 Å². The Morgan fingerprint density at radius 1 is 1.53 bits per heavy atom. The summed E-state index contributed by atoms with van der Waals surface area (Å²) >= 11 is 5.66. The summed E-state index contributed by atoms with van der Waals surface area (Å²) in [5.41, 5.74) is 6.37. The number of rotatable bonds is 5. The van der Waals surface area contributed by atoms with Crippen LogP contribution in [0.5, 0.6) is 0 Å². The highest BCUT2D eigenvalue weighted by Gasteiger charge is 2.10. The van der Waals surface area contributed by atoms with Crippen molar-refractivity contribution in [3.63, 3.8) is 0 Å². The van der Waals surface area contributed by atoms with Gasteiger partial charge in [0.25, 0.3) is 0 Å². The fourth-order valence-electron chi connectivity index (χ4n) is 1.31. The molecular weight excluding hydrogens is 219 g/mol. The van der Waals surface area contributed by atoms with Crippen LogP contribution < -0.4 is 11.1 Å². The van der Waals surface area contributed by atoms with Gasteiger partial charge in [-0.1, -0.05) is 17.7 Å². The molecule has 5 heteroatoms. The van der Waals surface area contributed by atoms with Gasteiger partial charge < -0.3 is 16.2 Å². The Balaban J connectivity index is 2.78. The summed E-state index contributed by atoms with van der Waals surface area (Å²) in [6.45, 7) is 0.838. The summed E-state index contributed by atoms with van der Waals surface area (Å²) in [5.74, 6) is -0.446. The molecule has 3 nitrogen and oxygen atoms in total. The molecule has 0 bridgehead atoms. The molecule has 0 spiro atoms. The van der Waals surface area contributed by atoms with Gasteiger partial charge in [-0.15, -0.1) is 0 Å². The van der Waals surface area contributed by atoms with E-state index in [-0.39, 0.29) is 17.7 Å². The molecule has 0 radical (unpaired) electrons. The van der Waals surface area contributed by atoms with Crippen molar-refractivity contribution in [3.8, 4) is 0 Å². The van der Waals surface area contributed by atoms with Gasteiger partial charge in [-0.05, 0) is 17.7 Å². The third kappa shape index (κ3) is 3.43. The zero-order valence-corrected chi connectivity index (χ0v) is 8.97. The van der Waals surface area contributed by atoms with E-state index in [1.165, 1.54) is 6.07 Å². The van der Waals surface area contributed by atoms with Gasteiger partial charge in [-0.3, -0.25) is 0 Å². The Labute approximate surface area is 93.0 Å². The van der Waals surface area contributed by atoms with Crippen LogP contribution in [0, 0.1) is 5.82 Å². The largest absolute Gasteiger partial charge is 0.395 e. The lowest BCUT2D eigenvalue weighted by Crippen LogP contribution is -2.30. The first kappa shape index (κ1) is 12.4. The van der Waals surface area contributed by atoms with Crippen molar-refractivity contribution in [1.29, 1.82) is 0 Å². The molecule has 1 aromatic rings. The first-order valence-electron chi connectivity index (χ1n) is 4.68. The molecule has 1 unspecified atom stereocenters. The van der Waals surface area contributed by atoms with Crippen molar-refractivity contribution < 1.29 is 9.50 Å². The molecule has 0 saturated carbocycles. The number of hydrogen-bond acceptors (Lipinski definition) is 3. The lowest BCUT2D eigenvalue weighted by atomic mass is 10.1. The minimum Gasteiger partial charge on any atom is -0.395 e. The maximum Gasteiger partial charge on any atom is 0.141 e. The smallest absolute Gasteiger partial charge is 0.141 e. The van der Waals surface area contributed by atoms with Crippen molar-refractivity contribution >= 4 is 11.6 Å². The second-order valence-electron chi connectivity index (χ2n) is 3.14. The zero-order valence-electron chi connectivity index (χ0n) is 8.21. The van der Waals surface area contributed by atoms with Crippen molar-refractivity contribution in [2.24, 2.45) is 5.73 Å². The predicted octanol–water partition coefficient (Wildman–Crippen LogP) is 1.06. The number of halogens is 2. The molecule has 1 rings (SSSR count). The van der Waals surface area contributed by atoms with Crippen LogP contribution in [0.3, 0.4) is 0 Å². The van der Waals surface area contributed by atoms with Crippen molar-refractivity contribution in [1.82, 2.24) is 5.32 Å². The van der Waals surface area contributed by atoms with Gasteiger partial charge in [0.05, 0.1) is 11.6 Å². The van der Waals surface area contributed by atoms with Crippen LogP contribution in [0.2, 0.25) is 5.02 Å². The number of benzene rings is 1. The fraction of sp³-hybridized carbons (Fsp3) is 0.400. The molecule has 1 aromatic carbocycles. The second kappa shape index (κ2) is 6.02. The van der Waals surface area contributed by atoms with Crippen LogP contribution in [0.4, 0.5) is 4.39 Å². The van der Waals surface area contributed by atoms with Crippen LogP contribution in [-0.2, 0) is 0 Å². The minimum atomic E-state index is -0.446. The fourth-order valence-corrected chi connectivity index (χ4v) is 1.49. The maximum atomic E-state index is 12.9. The van der Waals surface area contributed by atoms with E-state index in [4.69, 9.17) is 22.4 Å². The average Bonchev–Trinajstić information content (AvgIpc) is 2.24. The highest BCUT2D eigenvalue weighted by atomic mass is 35.5. The SMILES string of the molecule is NCC(NCCO)c1ccc(F)c(Cl)c1. The Morgan fingerprint density at radius 3 is 2.80 bits per heavy atom. The summed E-state index contributed by atoms with van der Waals surface area (Å²) in [7, 11) is 0. The standard InChI is InChI=1S/C10H14ClFN2O/c11-8-5-7(1-2-9(8)12)10(6-13)14-3-4-15/h1-2,5,10,14-15H,3-4,6,13H2. The molecular formula is C10H14ClFN2O. The third-order valence-electron chi connectivity index (χ3n) is 2.08. The first-order chi connectivity index (χ1) is 7.19. The summed E-state index contributed by atoms with van der Waals surface area (Å²) in [4.78, 5) is 0. The lowest BCUT2D eigenvalue weighted by molar-refractivity contribution is 0.285. The number of aliphatic hydroxyl groups excluding tert-OH is 1. The van der Waals surface area contributed by atoms with Crippen LogP contribution >= 0.6 is 11.6 Å². The van der Waals surface area contributed by atoms with Crippen molar-refractivity contribution in [2.75, 3.05) is 19.7 Å². The summed E-state index contributed by atoms with van der Waals surface area (Å²) < 4.78 is 12.9. The highest BCUT2D eigenvalue weighted by molar-refractivity contribution is 6.30. The molecule has 0 aliphatic carbocycles. The lowest BCUT2D eigenvalue weighted by Gasteiger charge is -2.16. The van der Waals surface area contributed by atoms with Gasteiger partial charge in [0.15, 0.2) is 0 Å². The zero-order chi connectivity index (χ0) is 11.3. The van der Waals surface area contributed by atoms with Gasteiger partial charge >= 0.3 is 0 Å². The summed E-state index contributed by atoms with van der Waals surface area (Å²) in [6, 6.07) is 4.36. The summed E-state index contributed by atoms with van der Waals surface area (Å²) in [5, 5.41) is 11.8. The van der Waals surface area contributed by atoms with E-state index in [0.717, 1.165) is 5.56 Å². The second-order valence-corrected chi connectivity index (χ2v) is 3.55. The van der Waals surface area contributed by atoms with E-state index in [2.05, 4.69) is 5.32 Å². The maximum absolute atomic E-state index is 12.9. The molecule has 15 heavy (non-hydrogen) atoms.